The van der Waals surface area contributed by atoms with Crippen LogP contribution in [0.2, 0.25) is 0 Å². The fourth-order valence-electron chi connectivity index (χ4n) is 4.67. The highest BCUT2D eigenvalue weighted by Crippen LogP contribution is 2.40. The summed E-state index contributed by atoms with van der Waals surface area (Å²) in [6.45, 7) is 2.07. The zero-order valence-corrected chi connectivity index (χ0v) is 20.5. The zero-order valence-electron chi connectivity index (χ0n) is 20.5. The van der Waals surface area contributed by atoms with E-state index in [2.05, 4.69) is 12.2 Å². The third-order valence-electron chi connectivity index (χ3n) is 6.51. The molecule has 7 nitrogen and oxygen atoms in total. The Labute approximate surface area is 206 Å². The van der Waals surface area contributed by atoms with Crippen LogP contribution in [0.1, 0.15) is 60.3 Å². The Morgan fingerprint density at radius 1 is 1.03 bits per heavy atom. The van der Waals surface area contributed by atoms with E-state index >= 15 is 0 Å². The molecule has 1 atom stereocenters. The summed E-state index contributed by atoms with van der Waals surface area (Å²) < 4.78 is 16.7. The van der Waals surface area contributed by atoms with Gasteiger partial charge < -0.3 is 19.2 Å². The van der Waals surface area contributed by atoms with Crippen molar-refractivity contribution < 1.29 is 23.5 Å². The fraction of sp³-hybridized carbons (Fsp3) is 0.357. The van der Waals surface area contributed by atoms with E-state index in [1.165, 1.54) is 18.3 Å². The van der Waals surface area contributed by atoms with Gasteiger partial charge >= 0.3 is 0 Å². The third-order valence-corrected chi connectivity index (χ3v) is 6.51. The van der Waals surface area contributed by atoms with E-state index in [4.69, 9.17) is 13.9 Å². The number of methoxy groups -OCH3 is 2. The molecule has 0 aliphatic heterocycles. The number of rotatable bonds is 9. The molecule has 35 heavy (non-hydrogen) atoms. The predicted molar refractivity (Wildman–Crippen MR) is 134 cm³/mol. The lowest BCUT2D eigenvalue weighted by atomic mass is 9.99. The second-order valence-corrected chi connectivity index (χ2v) is 8.65. The highest BCUT2D eigenvalue weighted by Gasteiger charge is 2.38. The molecule has 0 radical (unpaired) electrons. The monoisotopic (exact) mass is 476 g/mol. The van der Waals surface area contributed by atoms with Crippen LogP contribution in [0.5, 0.6) is 11.5 Å². The maximum atomic E-state index is 13.9. The average molecular weight is 477 g/mol. The second kappa shape index (κ2) is 11.1. The number of para-hydroxylation sites is 1. The number of carbonyl (C=O) groups is 2. The first-order valence-corrected chi connectivity index (χ1v) is 12.0. The molecule has 184 valence electrons. The summed E-state index contributed by atoms with van der Waals surface area (Å²) in [7, 11) is 3.08. The van der Waals surface area contributed by atoms with Gasteiger partial charge in [0.2, 0.25) is 5.91 Å². The topological polar surface area (TPSA) is 81.0 Å². The lowest BCUT2D eigenvalue weighted by molar-refractivity contribution is -0.123. The SMILES string of the molecule is CCc1ccc(N(C(=O)c2ccco2)[C@H](C(=O)NC2CCCC2)c2cccc(OC)c2OC)cc1. The minimum atomic E-state index is -1.01. The number of nitrogens with zero attached hydrogens (tertiary/aromatic N) is 1. The van der Waals surface area contributed by atoms with E-state index < -0.39 is 11.9 Å². The van der Waals surface area contributed by atoms with Gasteiger partial charge in [-0.3, -0.25) is 14.5 Å². The minimum absolute atomic E-state index is 0.0737. The molecule has 0 unspecified atom stereocenters. The van der Waals surface area contributed by atoms with Crippen molar-refractivity contribution in [3.8, 4) is 11.5 Å². The number of aryl methyl sites for hydroxylation is 1. The fourth-order valence-corrected chi connectivity index (χ4v) is 4.67. The summed E-state index contributed by atoms with van der Waals surface area (Å²) >= 11 is 0. The van der Waals surface area contributed by atoms with Crippen molar-refractivity contribution in [2.45, 2.75) is 51.1 Å². The first-order valence-electron chi connectivity index (χ1n) is 12.0. The molecule has 7 heteroatoms. The smallest absolute Gasteiger partial charge is 0.294 e. The average Bonchev–Trinajstić information content (AvgIpc) is 3.61. The predicted octanol–water partition coefficient (Wildman–Crippen LogP) is 5.31. The van der Waals surface area contributed by atoms with Crippen LogP contribution >= 0.6 is 0 Å². The first-order chi connectivity index (χ1) is 17.1. The summed E-state index contributed by atoms with van der Waals surface area (Å²) in [5, 5.41) is 3.18. The van der Waals surface area contributed by atoms with Crippen molar-refractivity contribution in [2.24, 2.45) is 0 Å². The molecule has 2 amide bonds. The Bertz CT molecular complexity index is 1130. The molecule has 2 aromatic carbocycles. The molecule has 0 bridgehead atoms. The van der Waals surface area contributed by atoms with Crippen LogP contribution in [0.25, 0.3) is 0 Å². The number of hydrogen-bond acceptors (Lipinski definition) is 5. The number of carbonyl (C=O) groups excluding carboxylic acids is 2. The van der Waals surface area contributed by atoms with Crippen LogP contribution in [0.15, 0.2) is 65.3 Å². The van der Waals surface area contributed by atoms with Crippen molar-refractivity contribution in [1.29, 1.82) is 0 Å². The van der Waals surface area contributed by atoms with Crippen LogP contribution in [0.4, 0.5) is 5.69 Å². The van der Waals surface area contributed by atoms with Crippen molar-refractivity contribution in [3.05, 3.63) is 77.7 Å². The molecule has 4 rings (SSSR count). The van der Waals surface area contributed by atoms with E-state index in [9.17, 15) is 9.59 Å². The second-order valence-electron chi connectivity index (χ2n) is 8.65. The molecule has 1 aromatic heterocycles. The Morgan fingerprint density at radius 3 is 2.37 bits per heavy atom. The van der Waals surface area contributed by atoms with Crippen molar-refractivity contribution in [3.63, 3.8) is 0 Å². The van der Waals surface area contributed by atoms with Crippen molar-refractivity contribution in [1.82, 2.24) is 5.32 Å². The lowest BCUT2D eigenvalue weighted by Gasteiger charge is -2.32. The first kappa shape index (κ1) is 24.4. The summed E-state index contributed by atoms with van der Waals surface area (Å²) in [4.78, 5) is 29.3. The van der Waals surface area contributed by atoms with Crippen LogP contribution in [-0.4, -0.2) is 32.1 Å². The molecule has 1 N–H and O–H groups in total. The quantitative estimate of drug-likeness (QED) is 0.453. The Balaban J connectivity index is 1.88. The number of furan rings is 1. The van der Waals surface area contributed by atoms with E-state index in [0.717, 1.165) is 37.7 Å². The number of anilines is 1. The van der Waals surface area contributed by atoms with Gasteiger partial charge in [-0.15, -0.1) is 0 Å². The van der Waals surface area contributed by atoms with E-state index in [1.807, 2.05) is 24.3 Å². The summed E-state index contributed by atoms with van der Waals surface area (Å²) in [6.07, 6.45) is 6.31. The Kier molecular flexibility index (Phi) is 7.75. The molecular weight excluding hydrogens is 444 g/mol. The summed E-state index contributed by atoms with van der Waals surface area (Å²) in [6, 6.07) is 15.3. The summed E-state index contributed by atoms with van der Waals surface area (Å²) in [5.74, 6) is 0.336. The van der Waals surface area contributed by atoms with Gasteiger partial charge in [-0.25, -0.2) is 0 Å². The standard InChI is InChI=1S/C28H32N2O5/c1-4-19-14-16-21(17-15-19)30(28(32)24-13-8-18-35-24)25(27(31)29-20-9-5-6-10-20)22-11-7-12-23(33-2)26(22)34-3/h7-8,11-18,20,25H,4-6,9-10H2,1-3H3,(H,29,31)/t25-/m0/s1. The van der Waals surface area contributed by atoms with Gasteiger partial charge in [0.1, 0.15) is 6.04 Å². The molecule has 1 aliphatic rings. The van der Waals surface area contributed by atoms with E-state index in [1.54, 1.807) is 37.4 Å². The maximum absolute atomic E-state index is 13.9. The summed E-state index contributed by atoms with van der Waals surface area (Å²) in [5.41, 5.74) is 2.24. The van der Waals surface area contributed by atoms with Gasteiger partial charge in [0.05, 0.1) is 20.5 Å². The van der Waals surface area contributed by atoms with Crippen molar-refractivity contribution in [2.75, 3.05) is 19.1 Å². The number of amides is 2. The van der Waals surface area contributed by atoms with Gasteiger partial charge in [0, 0.05) is 17.3 Å². The van der Waals surface area contributed by atoms with Gasteiger partial charge in [0.15, 0.2) is 17.3 Å². The largest absolute Gasteiger partial charge is 0.493 e. The van der Waals surface area contributed by atoms with Gasteiger partial charge in [-0.05, 0) is 55.2 Å². The number of benzene rings is 2. The van der Waals surface area contributed by atoms with Crippen LogP contribution in [0, 0.1) is 0 Å². The lowest BCUT2D eigenvalue weighted by Crippen LogP contribution is -2.46. The van der Waals surface area contributed by atoms with Crippen LogP contribution in [0.3, 0.4) is 0 Å². The molecular formula is C28H32N2O5. The van der Waals surface area contributed by atoms with Crippen molar-refractivity contribution >= 4 is 17.5 Å². The molecule has 1 saturated carbocycles. The van der Waals surface area contributed by atoms with Crippen LogP contribution in [-0.2, 0) is 11.2 Å². The third kappa shape index (κ3) is 5.19. The maximum Gasteiger partial charge on any atom is 0.294 e. The highest BCUT2D eigenvalue weighted by atomic mass is 16.5. The van der Waals surface area contributed by atoms with Gasteiger partial charge in [-0.1, -0.05) is 44.0 Å². The molecule has 1 aliphatic carbocycles. The number of hydrogen-bond donors (Lipinski definition) is 1. The van der Waals surface area contributed by atoms with Crippen LogP contribution < -0.4 is 19.7 Å². The van der Waals surface area contributed by atoms with Gasteiger partial charge in [0.25, 0.3) is 5.91 Å². The van der Waals surface area contributed by atoms with Gasteiger partial charge in [-0.2, -0.15) is 0 Å². The number of nitrogens with one attached hydrogen (secondary N) is 1. The molecule has 3 aromatic rings. The molecule has 1 fully saturated rings. The number of ether oxygens (including phenoxy) is 2. The Morgan fingerprint density at radius 2 is 1.77 bits per heavy atom. The molecule has 0 spiro atoms. The highest BCUT2D eigenvalue weighted by molar-refractivity contribution is 6.09. The normalized spacial score (nSPS) is 14.4. The van der Waals surface area contributed by atoms with E-state index in [0.29, 0.717) is 22.7 Å². The molecule has 1 heterocycles. The van der Waals surface area contributed by atoms with E-state index in [-0.39, 0.29) is 17.7 Å². The Hall–Kier alpha value is -3.74. The zero-order chi connectivity index (χ0) is 24.8. The minimum Gasteiger partial charge on any atom is -0.493 e. The molecule has 0 saturated heterocycles.